The molecule has 1 saturated carbocycles. The highest BCUT2D eigenvalue weighted by Crippen LogP contribution is 2.27. The third-order valence-electron chi connectivity index (χ3n) is 5.57. The summed E-state index contributed by atoms with van der Waals surface area (Å²) in [5, 5.41) is 5.75. The number of alkyl halides is 5. The molecule has 1 aromatic carbocycles. The van der Waals surface area contributed by atoms with Crippen molar-refractivity contribution in [2.45, 2.75) is 63.3 Å². The predicted molar refractivity (Wildman–Crippen MR) is 105 cm³/mol. The summed E-state index contributed by atoms with van der Waals surface area (Å²) in [7, 11) is 0. The molecule has 0 radical (unpaired) electrons. The minimum Gasteiger partial charge on any atom is -0.432 e. The van der Waals surface area contributed by atoms with Crippen LogP contribution in [0.2, 0.25) is 0 Å². The van der Waals surface area contributed by atoms with Crippen LogP contribution < -0.4 is 15.4 Å². The van der Waals surface area contributed by atoms with Gasteiger partial charge in [-0.15, -0.1) is 0 Å². The molecule has 3 rings (SSSR count). The van der Waals surface area contributed by atoms with Crippen LogP contribution in [-0.4, -0.2) is 48.2 Å². The van der Waals surface area contributed by atoms with Gasteiger partial charge in [0.25, 0.3) is 12.3 Å². The van der Waals surface area contributed by atoms with Crippen molar-refractivity contribution in [1.29, 1.82) is 0 Å². The molecule has 32 heavy (non-hydrogen) atoms. The molecule has 1 aliphatic rings. The Hall–Kier alpha value is -2.56. The van der Waals surface area contributed by atoms with Crippen molar-refractivity contribution in [1.82, 2.24) is 15.6 Å². The monoisotopic (exact) mass is 463 g/mol. The Morgan fingerprint density at radius 1 is 1.16 bits per heavy atom. The van der Waals surface area contributed by atoms with Crippen LogP contribution in [0.1, 0.15) is 43.0 Å². The molecule has 0 saturated heterocycles. The molecule has 1 aliphatic carbocycles. The zero-order valence-electron chi connectivity index (χ0n) is 17.2. The van der Waals surface area contributed by atoms with E-state index in [9.17, 15) is 31.1 Å². The molecule has 1 aromatic heterocycles. The summed E-state index contributed by atoms with van der Waals surface area (Å²) in [6.45, 7) is -3.23. The van der Waals surface area contributed by atoms with Gasteiger partial charge in [-0.3, -0.25) is 9.78 Å². The van der Waals surface area contributed by atoms with Gasteiger partial charge in [0, 0.05) is 29.7 Å². The largest absolute Gasteiger partial charge is 0.432 e. The standard InChI is InChI=1S/C21H23F6N3O2/c1-21(10-22,19(24)25)30-14-4-2-13(3-5-14)29-18(31)12-6-11-7-15(23)17(32-20(26)27)8-16(11)28-9-12/h6-9,13-14,19-20,30H,2-5,10H2,1H3,(H,29,31). The first-order chi connectivity index (χ1) is 15.1. The number of ether oxygens (including phenoxy) is 1. The van der Waals surface area contributed by atoms with Crippen molar-refractivity contribution in [3.05, 3.63) is 35.8 Å². The molecule has 1 amide bonds. The van der Waals surface area contributed by atoms with Crippen molar-refractivity contribution in [2.24, 2.45) is 0 Å². The summed E-state index contributed by atoms with van der Waals surface area (Å²) in [6.07, 6.45) is 0.401. The van der Waals surface area contributed by atoms with Crippen LogP contribution in [0, 0.1) is 5.82 Å². The van der Waals surface area contributed by atoms with Crippen molar-refractivity contribution < 1.29 is 35.9 Å². The number of benzene rings is 1. The molecule has 0 bridgehead atoms. The fraction of sp³-hybridized carbons (Fsp3) is 0.524. The van der Waals surface area contributed by atoms with E-state index in [1.54, 1.807) is 0 Å². The van der Waals surface area contributed by atoms with Crippen LogP contribution in [-0.2, 0) is 0 Å². The smallest absolute Gasteiger partial charge is 0.387 e. The molecule has 0 spiro atoms. The Kier molecular flexibility index (Phi) is 7.47. The van der Waals surface area contributed by atoms with E-state index < -0.39 is 42.7 Å². The van der Waals surface area contributed by atoms with Gasteiger partial charge in [0.1, 0.15) is 12.2 Å². The van der Waals surface area contributed by atoms with Gasteiger partial charge in [-0.1, -0.05) is 0 Å². The number of aromatic nitrogens is 1. The maximum absolute atomic E-state index is 14.0. The van der Waals surface area contributed by atoms with E-state index in [0.717, 1.165) is 19.1 Å². The van der Waals surface area contributed by atoms with Gasteiger partial charge < -0.3 is 15.4 Å². The van der Waals surface area contributed by atoms with E-state index in [0.29, 0.717) is 25.7 Å². The van der Waals surface area contributed by atoms with Crippen molar-refractivity contribution in [3.63, 3.8) is 0 Å². The van der Waals surface area contributed by atoms with Gasteiger partial charge in [0.05, 0.1) is 11.1 Å². The highest BCUT2D eigenvalue weighted by Gasteiger charge is 2.38. The predicted octanol–water partition coefficient (Wildman–Crippen LogP) is 4.60. The normalized spacial score (nSPS) is 21.0. The fourth-order valence-corrected chi connectivity index (χ4v) is 3.72. The number of rotatable bonds is 8. The minimum atomic E-state index is -3.18. The Labute approximate surface area is 180 Å². The second kappa shape index (κ2) is 9.93. The number of nitrogens with one attached hydrogen (secondary N) is 2. The van der Waals surface area contributed by atoms with Crippen molar-refractivity contribution in [3.8, 4) is 5.75 Å². The molecule has 11 heteroatoms. The Balaban J connectivity index is 1.60. The first-order valence-corrected chi connectivity index (χ1v) is 10.1. The average molecular weight is 463 g/mol. The maximum Gasteiger partial charge on any atom is 0.387 e. The number of amides is 1. The molecular weight excluding hydrogens is 440 g/mol. The van der Waals surface area contributed by atoms with Gasteiger partial charge in [-0.25, -0.2) is 17.6 Å². The quantitative estimate of drug-likeness (QED) is 0.562. The van der Waals surface area contributed by atoms with E-state index in [2.05, 4.69) is 20.4 Å². The third kappa shape index (κ3) is 5.62. The molecule has 0 aliphatic heterocycles. The molecule has 1 fully saturated rings. The zero-order chi connectivity index (χ0) is 23.5. The SMILES string of the molecule is CC(CF)(NC1CCC(NC(=O)c2cnc3cc(OC(F)F)c(F)cc3c2)CC1)C(F)F. The van der Waals surface area contributed by atoms with Gasteiger partial charge in [0.2, 0.25) is 0 Å². The van der Waals surface area contributed by atoms with Gasteiger partial charge in [0.15, 0.2) is 11.6 Å². The summed E-state index contributed by atoms with van der Waals surface area (Å²) in [5.74, 6) is -2.10. The fourth-order valence-electron chi connectivity index (χ4n) is 3.72. The van der Waals surface area contributed by atoms with Crippen LogP contribution in [0.4, 0.5) is 26.3 Å². The summed E-state index contributed by atoms with van der Waals surface area (Å²) < 4.78 is 81.9. The molecule has 5 nitrogen and oxygen atoms in total. The number of halogens is 6. The maximum atomic E-state index is 14.0. The lowest BCUT2D eigenvalue weighted by Gasteiger charge is -2.36. The van der Waals surface area contributed by atoms with Crippen LogP contribution in [0.3, 0.4) is 0 Å². The van der Waals surface area contributed by atoms with Crippen molar-refractivity contribution >= 4 is 16.8 Å². The lowest BCUT2D eigenvalue weighted by Crippen LogP contribution is -2.56. The molecule has 2 aromatic rings. The van der Waals surface area contributed by atoms with E-state index in [4.69, 9.17) is 0 Å². The molecular formula is C21H23F6N3O2. The van der Waals surface area contributed by atoms with Crippen LogP contribution in [0.25, 0.3) is 10.9 Å². The number of hydrogen-bond donors (Lipinski definition) is 2. The van der Waals surface area contributed by atoms with E-state index >= 15 is 0 Å². The lowest BCUT2D eigenvalue weighted by atomic mass is 9.89. The zero-order valence-corrected chi connectivity index (χ0v) is 17.2. The number of nitrogens with zero attached hydrogens (tertiary/aromatic N) is 1. The van der Waals surface area contributed by atoms with E-state index in [1.807, 2.05) is 0 Å². The molecule has 1 heterocycles. The Bertz CT molecular complexity index is 953. The molecule has 1 unspecified atom stereocenters. The van der Waals surface area contributed by atoms with Gasteiger partial charge in [-0.05, 0) is 44.7 Å². The summed E-state index contributed by atoms with van der Waals surface area (Å²) in [4.78, 5) is 16.6. The summed E-state index contributed by atoms with van der Waals surface area (Å²) >= 11 is 0. The number of hydrogen-bond acceptors (Lipinski definition) is 4. The Morgan fingerprint density at radius 3 is 2.41 bits per heavy atom. The number of fused-ring (bicyclic) bond motifs is 1. The first-order valence-electron chi connectivity index (χ1n) is 10.1. The van der Waals surface area contributed by atoms with E-state index in [-0.39, 0.29) is 28.6 Å². The second-order valence-corrected chi connectivity index (χ2v) is 8.10. The summed E-state index contributed by atoms with van der Waals surface area (Å²) in [5.41, 5.74) is -1.56. The topological polar surface area (TPSA) is 63.2 Å². The Morgan fingerprint density at radius 2 is 1.81 bits per heavy atom. The van der Waals surface area contributed by atoms with Crippen LogP contribution in [0.15, 0.2) is 24.4 Å². The highest BCUT2D eigenvalue weighted by atomic mass is 19.3. The van der Waals surface area contributed by atoms with Gasteiger partial charge in [-0.2, -0.15) is 8.78 Å². The number of carbonyl (C=O) groups is 1. The number of pyridine rings is 1. The van der Waals surface area contributed by atoms with Crippen molar-refractivity contribution in [2.75, 3.05) is 6.67 Å². The van der Waals surface area contributed by atoms with Gasteiger partial charge >= 0.3 is 6.61 Å². The lowest BCUT2D eigenvalue weighted by molar-refractivity contribution is -0.0520. The van der Waals surface area contributed by atoms with E-state index in [1.165, 1.54) is 12.3 Å². The summed E-state index contributed by atoms with van der Waals surface area (Å²) in [6, 6.07) is 2.87. The molecule has 176 valence electrons. The third-order valence-corrected chi connectivity index (χ3v) is 5.57. The second-order valence-electron chi connectivity index (χ2n) is 8.10. The minimum absolute atomic E-state index is 0.155. The highest BCUT2D eigenvalue weighted by molar-refractivity contribution is 5.97. The average Bonchev–Trinajstić information content (AvgIpc) is 2.74. The molecule has 2 N–H and O–H groups in total. The molecule has 1 atom stereocenters. The van der Waals surface area contributed by atoms with Crippen LogP contribution >= 0.6 is 0 Å². The van der Waals surface area contributed by atoms with Crippen LogP contribution in [0.5, 0.6) is 5.75 Å². The number of carbonyl (C=O) groups excluding carboxylic acids is 1. The first kappa shape index (κ1) is 24.1.